The Balaban J connectivity index is 1.67. The van der Waals surface area contributed by atoms with Crippen LogP contribution in [0.25, 0.3) is 0 Å². The molecule has 3 rings (SSSR count). The molecule has 2 fully saturated rings. The summed E-state index contributed by atoms with van der Waals surface area (Å²) in [4.78, 5) is 2.47. The SMILES string of the molecule is CS(=O)(=O)N1CCCC(CN2CCOCC2c2ccccc2)C1. The van der Waals surface area contributed by atoms with Crippen molar-refractivity contribution in [3.05, 3.63) is 35.9 Å². The number of piperidine rings is 1. The third kappa shape index (κ3) is 4.32. The molecular weight excluding hydrogens is 312 g/mol. The van der Waals surface area contributed by atoms with Gasteiger partial charge in [0.25, 0.3) is 0 Å². The summed E-state index contributed by atoms with van der Waals surface area (Å²) in [6.45, 7) is 4.64. The molecule has 2 heterocycles. The van der Waals surface area contributed by atoms with Gasteiger partial charge >= 0.3 is 0 Å². The molecule has 1 aromatic carbocycles. The topological polar surface area (TPSA) is 49.9 Å². The first kappa shape index (κ1) is 16.9. The van der Waals surface area contributed by atoms with Gasteiger partial charge in [0.1, 0.15) is 0 Å². The Labute approximate surface area is 139 Å². The molecule has 2 saturated heterocycles. The Morgan fingerprint density at radius 3 is 2.74 bits per heavy atom. The third-order valence-electron chi connectivity index (χ3n) is 4.87. The molecule has 5 nitrogen and oxygen atoms in total. The van der Waals surface area contributed by atoms with Gasteiger partial charge in [0.2, 0.25) is 10.0 Å². The minimum atomic E-state index is -3.08. The predicted octanol–water partition coefficient (Wildman–Crippen LogP) is 1.73. The summed E-state index contributed by atoms with van der Waals surface area (Å²) in [7, 11) is -3.08. The summed E-state index contributed by atoms with van der Waals surface area (Å²) in [5.41, 5.74) is 1.28. The first-order valence-corrected chi connectivity index (χ1v) is 10.2. The number of hydrogen-bond acceptors (Lipinski definition) is 4. The second kappa shape index (κ2) is 7.30. The Morgan fingerprint density at radius 1 is 1.22 bits per heavy atom. The molecule has 0 saturated carbocycles. The fourth-order valence-corrected chi connectivity index (χ4v) is 4.59. The van der Waals surface area contributed by atoms with Crippen molar-refractivity contribution in [2.24, 2.45) is 5.92 Å². The van der Waals surface area contributed by atoms with Crippen molar-refractivity contribution in [2.75, 3.05) is 45.6 Å². The largest absolute Gasteiger partial charge is 0.378 e. The first-order valence-electron chi connectivity index (χ1n) is 8.36. The highest BCUT2D eigenvalue weighted by molar-refractivity contribution is 7.88. The zero-order valence-corrected chi connectivity index (χ0v) is 14.5. The smallest absolute Gasteiger partial charge is 0.211 e. The summed E-state index contributed by atoms with van der Waals surface area (Å²) in [6, 6.07) is 10.7. The molecule has 6 heteroatoms. The lowest BCUT2D eigenvalue weighted by Gasteiger charge is -2.40. The number of nitrogens with zero attached hydrogens (tertiary/aromatic N) is 2. The van der Waals surface area contributed by atoms with Crippen molar-refractivity contribution >= 4 is 10.0 Å². The average Bonchev–Trinajstić information content (AvgIpc) is 2.56. The van der Waals surface area contributed by atoms with Crippen LogP contribution in [0.15, 0.2) is 30.3 Å². The minimum Gasteiger partial charge on any atom is -0.378 e. The standard InChI is InChI=1S/C17H26N2O3S/c1-23(20,21)19-9-5-6-15(13-19)12-18-10-11-22-14-17(18)16-7-3-2-4-8-16/h2-4,7-8,15,17H,5-6,9-14H2,1H3. The van der Waals surface area contributed by atoms with Crippen molar-refractivity contribution in [2.45, 2.75) is 18.9 Å². The second-order valence-corrected chi connectivity index (χ2v) is 8.61. The summed E-state index contributed by atoms with van der Waals surface area (Å²) in [5.74, 6) is 0.405. The van der Waals surface area contributed by atoms with Gasteiger partial charge in [0.15, 0.2) is 0 Å². The van der Waals surface area contributed by atoms with Crippen molar-refractivity contribution < 1.29 is 13.2 Å². The maximum absolute atomic E-state index is 11.8. The van der Waals surface area contributed by atoms with Crippen LogP contribution in [0.2, 0.25) is 0 Å². The molecular formula is C17H26N2O3S. The van der Waals surface area contributed by atoms with Crippen LogP contribution in [0.3, 0.4) is 0 Å². The number of sulfonamides is 1. The van der Waals surface area contributed by atoms with Gasteiger partial charge in [-0.3, -0.25) is 4.90 Å². The molecule has 0 amide bonds. The molecule has 0 bridgehead atoms. The van der Waals surface area contributed by atoms with Gasteiger partial charge in [-0.25, -0.2) is 12.7 Å². The molecule has 2 unspecified atom stereocenters. The molecule has 2 aliphatic heterocycles. The van der Waals surface area contributed by atoms with Gasteiger partial charge in [-0.15, -0.1) is 0 Å². The molecule has 128 valence electrons. The van der Waals surface area contributed by atoms with E-state index in [0.717, 1.165) is 32.5 Å². The first-order chi connectivity index (χ1) is 11.0. The van der Waals surface area contributed by atoms with Crippen LogP contribution in [0.1, 0.15) is 24.4 Å². The van der Waals surface area contributed by atoms with Crippen LogP contribution in [-0.4, -0.2) is 63.3 Å². The lowest BCUT2D eigenvalue weighted by atomic mass is 9.96. The Hall–Kier alpha value is -0.950. The highest BCUT2D eigenvalue weighted by Gasteiger charge is 2.31. The average molecular weight is 338 g/mol. The van der Waals surface area contributed by atoms with Gasteiger partial charge < -0.3 is 4.74 Å². The molecule has 0 spiro atoms. The van der Waals surface area contributed by atoms with E-state index in [-0.39, 0.29) is 6.04 Å². The fourth-order valence-electron chi connectivity index (χ4n) is 3.65. The number of benzene rings is 1. The Kier molecular flexibility index (Phi) is 5.36. The molecule has 2 atom stereocenters. The molecule has 0 aliphatic carbocycles. The Morgan fingerprint density at radius 2 is 2.00 bits per heavy atom. The van der Waals surface area contributed by atoms with Gasteiger partial charge in [-0.1, -0.05) is 30.3 Å². The highest BCUT2D eigenvalue weighted by atomic mass is 32.2. The maximum atomic E-state index is 11.8. The summed E-state index contributed by atoms with van der Waals surface area (Å²) < 4.78 is 30.9. The van der Waals surface area contributed by atoms with E-state index in [1.807, 2.05) is 6.07 Å². The summed E-state index contributed by atoms with van der Waals surface area (Å²) in [5, 5.41) is 0. The molecule has 0 aromatic heterocycles. The van der Waals surface area contributed by atoms with Crippen LogP contribution in [0.4, 0.5) is 0 Å². The second-order valence-electron chi connectivity index (χ2n) is 6.63. The maximum Gasteiger partial charge on any atom is 0.211 e. The van der Waals surface area contributed by atoms with E-state index in [9.17, 15) is 8.42 Å². The zero-order chi connectivity index (χ0) is 16.3. The summed E-state index contributed by atoms with van der Waals surface area (Å²) >= 11 is 0. The number of hydrogen-bond donors (Lipinski definition) is 0. The van der Waals surface area contributed by atoms with E-state index in [1.165, 1.54) is 11.8 Å². The molecule has 0 N–H and O–H groups in total. The molecule has 2 aliphatic rings. The van der Waals surface area contributed by atoms with Gasteiger partial charge in [-0.05, 0) is 24.3 Å². The molecule has 1 aromatic rings. The highest BCUT2D eigenvalue weighted by Crippen LogP contribution is 2.27. The van der Waals surface area contributed by atoms with Gasteiger partial charge in [0, 0.05) is 26.2 Å². The van der Waals surface area contributed by atoms with Crippen molar-refractivity contribution in [1.29, 1.82) is 0 Å². The van der Waals surface area contributed by atoms with E-state index in [1.54, 1.807) is 4.31 Å². The number of morpholine rings is 1. The molecule has 23 heavy (non-hydrogen) atoms. The lowest BCUT2D eigenvalue weighted by molar-refractivity contribution is -0.0185. The number of ether oxygens (including phenoxy) is 1. The van der Waals surface area contributed by atoms with Crippen LogP contribution in [0.5, 0.6) is 0 Å². The van der Waals surface area contributed by atoms with E-state index >= 15 is 0 Å². The summed E-state index contributed by atoms with van der Waals surface area (Å²) in [6.07, 6.45) is 3.37. The molecule has 0 radical (unpaired) electrons. The van der Waals surface area contributed by atoms with Crippen molar-refractivity contribution in [1.82, 2.24) is 9.21 Å². The van der Waals surface area contributed by atoms with Crippen molar-refractivity contribution in [3.8, 4) is 0 Å². The third-order valence-corrected chi connectivity index (χ3v) is 6.14. The van der Waals surface area contributed by atoms with Crippen LogP contribution in [0, 0.1) is 5.92 Å². The van der Waals surface area contributed by atoms with Gasteiger partial charge in [-0.2, -0.15) is 0 Å². The number of rotatable bonds is 4. The Bertz CT molecular complexity index is 606. The quantitative estimate of drug-likeness (QED) is 0.839. The normalized spacial score (nSPS) is 27.9. The van der Waals surface area contributed by atoms with Crippen LogP contribution < -0.4 is 0 Å². The predicted molar refractivity (Wildman–Crippen MR) is 90.7 cm³/mol. The van der Waals surface area contributed by atoms with Crippen molar-refractivity contribution in [3.63, 3.8) is 0 Å². The van der Waals surface area contributed by atoms with E-state index < -0.39 is 10.0 Å². The lowest BCUT2D eigenvalue weighted by Crippen LogP contribution is -2.47. The minimum absolute atomic E-state index is 0.276. The van der Waals surface area contributed by atoms with E-state index in [4.69, 9.17) is 4.74 Å². The van der Waals surface area contributed by atoms with Crippen LogP contribution >= 0.6 is 0 Å². The van der Waals surface area contributed by atoms with Gasteiger partial charge in [0.05, 0.1) is 25.5 Å². The fraction of sp³-hybridized carbons (Fsp3) is 0.647. The monoisotopic (exact) mass is 338 g/mol. The van der Waals surface area contributed by atoms with E-state index in [2.05, 4.69) is 29.2 Å². The zero-order valence-electron chi connectivity index (χ0n) is 13.7. The van der Waals surface area contributed by atoms with Crippen LogP contribution in [-0.2, 0) is 14.8 Å². The van der Waals surface area contributed by atoms with E-state index in [0.29, 0.717) is 25.6 Å².